The second-order valence-corrected chi connectivity index (χ2v) is 7.82. The van der Waals surface area contributed by atoms with Crippen LogP contribution in [-0.4, -0.2) is 45.7 Å². The first-order valence-electron chi connectivity index (χ1n) is 10.9. The number of likely N-dealkylation sites (tertiary alicyclic amines) is 1. The Labute approximate surface area is 183 Å². The van der Waals surface area contributed by atoms with Crippen molar-refractivity contribution < 1.29 is 24.0 Å². The number of hydrogen-bond acceptors (Lipinski definition) is 4. The van der Waals surface area contributed by atoms with Gasteiger partial charge < -0.3 is 25.0 Å². The van der Waals surface area contributed by atoms with Gasteiger partial charge in [0.05, 0.1) is 38.7 Å². The van der Waals surface area contributed by atoms with Crippen molar-refractivity contribution in [1.29, 1.82) is 0 Å². The number of carbonyl (C=O) groups excluding carboxylic acids is 2. The standard InChI is InChI=1S/C24H31N3O4/c1-30-21-16-20(26-24(29)18-11-7-6-8-12-18)22(31-2)15-19(21)25-23(28)17-27-13-9-4-3-5-10-14-27/h6-8,11-12,15-16H,3-5,9-10,13-14,17H2,1-2H3,(H,25,28)(H,26,29)/p+1. The molecule has 0 saturated carbocycles. The van der Waals surface area contributed by atoms with E-state index in [9.17, 15) is 9.59 Å². The molecule has 7 nitrogen and oxygen atoms in total. The van der Waals surface area contributed by atoms with Crippen LogP contribution in [0.15, 0.2) is 42.5 Å². The van der Waals surface area contributed by atoms with E-state index in [-0.39, 0.29) is 11.8 Å². The summed E-state index contributed by atoms with van der Waals surface area (Å²) in [6, 6.07) is 12.3. The highest BCUT2D eigenvalue weighted by Crippen LogP contribution is 2.36. The number of benzene rings is 2. The molecule has 7 heteroatoms. The summed E-state index contributed by atoms with van der Waals surface area (Å²) >= 11 is 0. The van der Waals surface area contributed by atoms with Gasteiger partial charge in [-0.15, -0.1) is 0 Å². The van der Waals surface area contributed by atoms with Crippen molar-refractivity contribution in [3.05, 3.63) is 48.0 Å². The summed E-state index contributed by atoms with van der Waals surface area (Å²) < 4.78 is 10.9. The Bertz CT molecular complexity index is 878. The predicted octanol–water partition coefficient (Wildman–Crippen LogP) is 2.74. The molecule has 0 bridgehead atoms. The lowest BCUT2D eigenvalue weighted by atomic mass is 10.1. The van der Waals surface area contributed by atoms with Crippen LogP contribution in [0.25, 0.3) is 0 Å². The topological polar surface area (TPSA) is 81.1 Å². The third-order valence-electron chi connectivity index (χ3n) is 5.55. The molecule has 2 aromatic rings. The molecule has 0 spiro atoms. The third kappa shape index (κ3) is 6.46. The quantitative estimate of drug-likeness (QED) is 0.636. The average Bonchev–Trinajstić information content (AvgIpc) is 2.76. The van der Waals surface area contributed by atoms with Crippen LogP contribution in [0, 0.1) is 0 Å². The number of amides is 2. The van der Waals surface area contributed by atoms with Crippen LogP contribution >= 0.6 is 0 Å². The number of anilines is 2. The number of rotatable bonds is 7. The fraction of sp³-hybridized carbons (Fsp3) is 0.417. The smallest absolute Gasteiger partial charge is 0.279 e. The molecule has 0 atom stereocenters. The van der Waals surface area contributed by atoms with Crippen molar-refractivity contribution in [2.45, 2.75) is 32.1 Å². The zero-order chi connectivity index (χ0) is 22.1. The van der Waals surface area contributed by atoms with E-state index in [1.807, 2.05) is 6.07 Å². The van der Waals surface area contributed by atoms with E-state index in [1.165, 1.54) is 38.4 Å². The molecular weight excluding hydrogens is 394 g/mol. The Kier molecular flexibility index (Phi) is 8.29. The zero-order valence-corrected chi connectivity index (χ0v) is 18.3. The van der Waals surface area contributed by atoms with Gasteiger partial charge >= 0.3 is 0 Å². The Hall–Kier alpha value is -3.06. The highest BCUT2D eigenvalue weighted by atomic mass is 16.5. The Morgan fingerprint density at radius 1 is 0.839 bits per heavy atom. The zero-order valence-electron chi connectivity index (χ0n) is 18.3. The Balaban J connectivity index is 1.71. The van der Waals surface area contributed by atoms with Crippen LogP contribution in [0.2, 0.25) is 0 Å². The Morgan fingerprint density at radius 2 is 1.39 bits per heavy atom. The summed E-state index contributed by atoms with van der Waals surface area (Å²) in [5.41, 5.74) is 1.53. The first-order chi connectivity index (χ1) is 15.1. The number of methoxy groups -OCH3 is 2. The summed E-state index contributed by atoms with van der Waals surface area (Å²) in [6.45, 7) is 2.48. The number of quaternary nitrogens is 1. The van der Waals surface area contributed by atoms with Gasteiger partial charge in [-0.05, 0) is 37.8 Å². The van der Waals surface area contributed by atoms with E-state index >= 15 is 0 Å². The number of nitrogens with one attached hydrogen (secondary N) is 3. The van der Waals surface area contributed by atoms with E-state index in [4.69, 9.17) is 9.47 Å². The lowest BCUT2D eigenvalue weighted by molar-refractivity contribution is -0.892. The van der Waals surface area contributed by atoms with Gasteiger partial charge in [-0.25, -0.2) is 0 Å². The van der Waals surface area contributed by atoms with E-state index in [2.05, 4.69) is 10.6 Å². The van der Waals surface area contributed by atoms with Gasteiger partial charge in [0.25, 0.3) is 11.8 Å². The molecule has 0 radical (unpaired) electrons. The van der Waals surface area contributed by atoms with Gasteiger partial charge in [0.1, 0.15) is 11.5 Å². The van der Waals surface area contributed by atoms with Crippen molar-refractivity contribution >= 4 is 23.2 Å². The van der Waals surface area contributed by atoms with Crippen LogP contribution in [0.5, 0.6) is 11.5 Å². The molecule has 0 aromatic heterocycles. The minimum absolute atomic E-state index is 0.0583. The lowest BCUT2D eigenvalue weighted by Gasteiger charge is -2.22. The molecule has 1 aliphatic heterocycles. The fourth-order valence-electron chi connectivity index (χ4n) is 3.88. The number of hydrogen-bond donors (Lipinski definition) is 3. The predicted molar refractivity (Wildman–Crippen MR) is 121 cm³/mol. The molecule has 1 aliphatic rings. The largest absolute Gasteiger partial charge is 0.494 e. The molecule has 1 fully saturated rings. The molecule has 0 unspecified atom stereocenters. The summed E-state index contributed by atoms with van der Waals surface area (Å²) in [5.74, 6) is 0.592. The van der Waals surface area contributed by atoms with Crippen molar-refractivity contribution in [3.8, 4) is 11.5 Å². The minimum Gasteiger partial charge on any atom is -0.494 e. The second kappa shape index (κ2) is 11.4. The second-order valence-electron chi connectivity index (χ2n) is 7.82. The van der Waals surface area contributed by atoms with Crippen LogP contribution in [0.3, 0.4) is 0 Å². The van der Waals surface area contributed by atoms with E-state index < -0.39 is 0 Å². The molecular formula is C24H32N3O4+. The van der Waals surface area contributed by atoms with Gasteiger partial charge in [0.2, 0.25) is 0 Å². The average molecular weight is 427 g/mol. The minimum atomic E-state index is -0.251. The van der Waals surface area contributed by atoms with Crippen molar-refractivity contribution in [3.63, 3.8) is 0 Å². The van der Waals surface area contributed by atoms with Crippen LogP contribution in [0.4, 0.5) is 11.4 Å². The summed E-state index contributed by atoms with van der Waals surface area (Å²) in [6.07, 6.45) is 6.10. The molecule has 3 rings (SSSR count). The highest BCUT2D eigenvalue weighted by Gasteiger charge is 2.19. The SMILES string of the molecule is COc1cc(NC(=O)c2ccccc2)c(OC)cc1NC(=O)C[NH+]1CCCCCCC1. The van der Waals surface area contributed by atoms with E-state index in [1.54, 1.807) is 36.4 Å². The molecule has 166 valence electrons. The third-order valence-corrected chi connectivity index (χ3v) is 5.55. The number of carbonyl (C=O) groups is 2. The van der Waals surface area contributed by atoms with Crippen molar-refractivity contribution in [2.24, 2.45) is 0 Å². The lowest BCUT2D eigenvalue weighted by Crippen LogP contribution is -3.13. The molecule has 3 N–H and O–H groups in total. The molecule has 1 saturated heterocycles. The molecule has 2 amide bonds. The van der Waals surface area contributed by atoms with Crippen LogP contribution < -0.4 is 25.0 Å². The van der Waals surface area contributed by atoms with Crippen molar-refractivity contribution in [1.82, 2.24) is 0 Å². The monoisotopic (exact) mass is 426 g/mol. The first kappa shape index (κ1) is 22.6. The summed E-state index contributed by atoms with van der Waals surface area (Å²) in [7, 11) is 3.06. The van der Waals surface area contributed by atoms with Gasteiger partial charge in [-0.1, -0.05) is 24.6 Å². The normalized spacial score (nSPS) is 14.8. The van der Waals surface area contributed by atoms with Gasteiger partial charge in [-0.2, -0.15) is 0 Å². The van der Waals surface area contributed by atoms with Gasteiger partial charge in [0, 0.05) is 17.7 Å². The maximum absolute atomic E-state index is 12.7. The molecule has 0 aliphatic carbocycles. The summed E-state index contributed by atoms with van der Waals surface area (Å²) in [5, 5.41) is 5.81. The Morgan fingerprint density at radius 3 is 1.97 bits per heavy atom. The van der Waals surface area contributed by atoms with Crippen molar-refractivity contribution in [2.75, 3.05) is 44.5 Å². The fourth-order valence-corrected chi connectivity index (χ4v) is 3.88. The van der Waals surface area contributed by atoms with Gasteiger partial charge in [-0.3, -0.25) is 9.59 Å². The summed E-state index contributed by atoms with van der Waals surface area (Å²) in [4.78, 5) is 26.5. The molecule has 2 aromatic carbocycles. The molecule has 1 heterocycles. The first-order valence-corrected chi connectivity index (χ1v) is 10.9. The molecule has 31 heavy (non-hydrogen) atoms. The highest BCUT2D eigenvalue weighted by molar-refractivity contribution is 6.05. The van der Waals surface area contributed by atoms with E-state index in [0.29, 0.717) is 35.0 Å². The van der Waals surface area contributed by atoms with E-state index in [0.717, 1.165) is 25.9 Å². The van der Waals surface area contributed by atoms with Crippen LogP contribution in [0.1, 0.15) is 42.5 Å². The van der Waals surface area contributed by atoms with Crippen LogP contribution in [-0.2, 0) is 4.79 Å². The number of ether oxygens (including phenoxy) is 2. The van der Waals surface area contributed by atoms with Gasteiger partial charge in [0.15, 0.2) is 6.54 Å². The maximum atomic E-state index is 12.7. The maximum Gasteiger partial charge on any atom is 0.279 e.